The number of likely N-dealkylation sites (tertiary alicyclic amines) is 1. The van der Waals surface area contributed by atoms with Crippen LogP contribution < -0.4 is 0 Å². The quantitative estimate of drug-likeness (QED) is 0.744. The molecule has 1 saturated heterocycles. The number of piperidine rings is 1. The Hall–Kier alpha value is -2.27. The van der Waals surface area contributed by atoms with Crippen LogP contribution in [0, 0.1) is 6.92 Å². The first-order chi connectivity index (χ1) is 11.7. The summed E-state index contributed by atoms with van der Waals surface area (Å²) in [5.41, 5.74) is 4.68. The molecule has 124 valence electrons. The third kappa shape index (κ3) is 2.80. The molecule has 4 heterocycles. The van der Waals surface area contributed by atoms with E-state index in [4.69, 9.17) is 5.10 Å². The van der Waals surface area contributed by atoms with Gasteiger partial charge in [0.25, 0.3) is 0 Å². The van der Waals surface area contributed by atoms with Crippen molar-refractivity contribution in [1.82, 2.24) is 24.6 Å². The smallest absolute Gasteiger partial charge is 0.157 e. The average molecular weight is 321 g/mol. The van der Waals surface area contributed by atoms with E-state index in [2.05, 4.69) is 33.9 Å². The fraction of sp³-hybridized carbons (Fsp3) is 0.421. The lowest BCUT2D eigenvalue weighted by atomic mass is 9.92. The number of fused-ring (bicyclic) bond motifs is 1. The molecule has 3 aromatic heterocycles. The normalized spacial score (nSPS) is 16.8. The van der Waals surface area contributed by atoms with Crippen molar-refractivity contribution in [3.05, 3.63) is 53.6 Å². The molecule has 0 atom stereocenters. The van der Waals surface area contributed by atoms with E-state index in [1.54, 1.807) is 0 Å². The van der Waals surface area contributed by atoms with Gasteiger partial charge in [0.1, 0.15) is 0 Å². The minimum atomic E-state index is 0.527. The van der Waals surface area contributed by atoms with Gasteiger partial charge in [0, 0.05) is 37.3 Å². The zero-order valence-corrected chi connectivity index (χ0v) is 14.3. The SMILES string of the molecule is Cc1cccnc1CN1CCC(c2nn(C)c3ncccc23)CC1. The predicted octanol–water partition coefficient (Wildman–Crippen LogP) is 3.05. The molecule has 0 amide bonds. The zero-order valence-electron chi connectivity index (χ0n) is 14.3. The Kier molecular flexibility index (Phi) is 4.02. The second-order valence-corrected chi connectivity index (χ2v) is 6.70. The molecule has 0 aliphatic carbocycles. The number of hydrogen-bond donors (Lipinski definition) is 0. The molecular weight excluding hydrogens is 298 g/mol. The lowest BCUT2D eigenvalue weighted by Gasteiger charge is -2.31. The van der Waals surface area contributed by atoms with E-state index < -0.39 is 0 Å². The van der Waals surface area contributed by atoms with Gasteiger partial charge >= 0.3 is 0 Å². The monoisotopic (exact) mass is 321 g/mol. The number of nitrogens with zero attached hydrogens (tertiary/aromatic N) is 5. The molecule has 3 aromatic rings. The molecule has 0 aromatic carbocycles. The summed E-state index contributed by atoms with van der Waals surface area (Å²) in [5.74, 6) is 0.527. The van der Waals surface area contributed by atoms with Crippen LogP contribution in [0.25, 0.3) is 11.0 Å². The highest BCUT2D eigenvalue weighted by Crippen LogP contribution is 2.32. The second-order valence-electron chi connectivity index (χ2n) is 6.70. The van der Waals surface area contributed by atoms with Crippen LogP contribution >= 0.6 is 0 Å². The summed E-state index contributed by atoms with van der Waals surface area (Å²) in [6.45, 7) is 5.28. The maximum Gasteiger partial charge on any atom is 0.157 e. The summed E-state index contributed by atoms with van der Waals surface area (Å²) in [6.07, 6.45) is 6.02. The molecule has 1 aliphatic heterocycles. The van der Waals surface area contributed by atoms with E-state index in [-0.39, 0.29) is 0 Å². The van der Waals surface area contributed by atoms with Crippen LogP contribution in [0.3, 0.4) is 0 Å². The maximum atomic E-state index is 4.76. The Morgan fingerprint density at radius 2 is 1.83 bits per heavy atom. The fourth-order valence-corrected chi connectivity index (χ4v) is 3.68. The van der Waals surface area contributed by atoms with Crippen molar-refractivity contribution in [2.45, 2.75) is 32.2 Å². The van der Waals surface area contributed by atoms with Gasteiger partial charge in [-0.1, -0.05) is 6.07 Å². The highest BCUT2D eigenvalue weighted by atomic mass is 15.3. The van der Waals surface area contributed by atoms with Crippen LogP contribution in [0.5, 0.6) is 0 Å². The van der Waals surface area contributed by atoms with Crippen LogP contribution in [-0.4, -0.2) is 37.7 Å². The Bertz CT molecular complexity index is 846. The van der Waals surface area contributed by atoms with Crippen molar-refractivity contribution < 1.29 is 0 Å². The average Bonchev–Trinajstić information content (AvgIpc) is 2.95. The van der Waals surface area contributed by atoms with Gasteiger partial charge in [0.05, 0.1) is 11.4 Å². The maximum absolute atomic E-state index is 4.76. The minimum Gasteiger partial charge on any atom is -0.297 e. The zero-order chi connectivity index (χ0) is 16.5. The van der Waals surface area contributed by atoms with Gasteiger partial charge in [-0.2, -0.15) is 5.10 Å². The molecular formula is C19H23N5. The Labute approximate surface area is 142 Å². The van der Waals surface area contributed by atoms with E-state index in [1.807, 2.05) is 36.3 Å². The molecule has 0 radical (unpaired) electrons. The lowest BCUT2D eigenvalue weighted by molar-refractivity contribution is 0.201. The van der Waals surface area contributed by atoms with Gasteiger partial charge in [-0.15, -0.1) is 0 Å². The first kappa shape index (κ1) is 15.3. The molecule has 1 aliphatic rings. The van der Waals surface area contributed by atoms with Gasteiger partial charge in [0.15, 0.2) is 5.65 Å². The van der Waals surface area contributed by atoms with Crippen LogP contribution in [0.15, 0.2) is 36.7 Å². The second kappa shape index (κ2) is 6.32. The molecule has 4 rings (SSSR count). The third-order valence-electron chi connectivity index (χ3n) is 5.09. The number of aromatic nitrogens is 4. The molecule has 0 N–H and O–H groups in total. The van der Waals surface area contributed by atoms with Gasteiger partial charge in [-0.05, 0) is 56.6 Å². The molecule has 5 heteroatoms. The summed E-state index contributed by atoms with van der Waals surface area (Å²) in [5, 5.41) is 5.97. The number of pyridine rings is 2. The molecule has 0 bridgehead atoms. The summed E-state index contributed by atoms with van der Waals surface area (Å²) in [4.78, 5) is 11.5. The molecule has 0 unspecified atom stereocenters. The summed E-state index contributed by atoms with van der Waals surface area (Å²) in [7, 11) is 1.98. The Morgan fingerprint density at radius 1 is 1.08 bits per heavy atom. The van der Waals surface area contributed by atoms with Crippen molar-refractivity contribution in [3.63, 3.8) is 0 Å². The van der Waals surface area contributed by atoms with Crippen LogP contribution in [0.2, 0.25) is 0 Å². The van der Waals surface area contributed by atoms with Crippen molar-refractivity contribution in [1.29, 1.82) is 0 Å². The van der Waals surface area contributed by atoms with E-state index in [0.29, 0.717) is 5.92 Å². The lowest BCUT2D eigenvalue weighted by Crippen LogP contribution is -2.33. The predicted molar refractivity (Wildman–Crippen MR) is 94.7 cm³/mol. The highest BCUT2D eigenvalue weighted by molar-refractivity contribution is 5.78. The molecule has 0 spiro atoms. The van der Waals surface area contributed by atoms with E-state index in [0.717, 1.165) is 38.1 Å². The van der Waals surface area contributed by atoms with Gasteiger partial charge in [-0.25, -0.2) is 4.98 Å². The number of hydrogen-bond acceptors (Lipinski definition) is 4. The standard InChI is InChI=1S/C19H23N5/c1-14-5-3-9-20-17(14)13-24-11-7-15(8-12-24)18-16-6-4-10-21-19(16)23(2)22-18/h3-6,9-10,15H,7-8,11-13H2,1-2H3. The summed E-state index contributed by atoms with van der Waals surface area (Å²) >= 11 is 0. The number of rotatable bonds is 3. The largest absolute Gasteiger partial charge is 0.297 e. The van der Waals surface area contributed by atoms with Crippen molar-refractivity contribution in [2.75, 3.05) is 13.1 Å². The Balaban J connectivity index is 1.47. The molecule has 0 saturated carbocycles. The fourth-order valence-electron chi connectivity index (χ4n) is 3.68. The van der Waals surface area contributed by atoms with Crippen molar-refractivity contribution in [3.8, 4) is 0 Å². The molecule has 5 nitrogen and oxygen atoms in total. The summed E-state index contributed by atoms with van der Waals surface area (Å²) < 4.78 is 1.91. The first-order valence-electron chi connectivity index (χ1n) is 8.63. The highest BCUT2D eigenvalue weighted by Gasteiger charge is 2.25. The van der Waals surface area contributed by atoms with E-state index in [9.17, 15) is 0 Å². The van der Waals surface area contributed by atoms with Gasteiger partial charge < -0.3 is 0 Å². The molecule has 24 heavy (non-hydrogen) atoms. The van der Waals surface area contributed by atoms with Crippen LogP contribution in [0.1, 0.15) is 35.7 Å². The van der Waals surface area contributed by atoms with Crippen molar-refractivity contribution >= 4 is 11.0 Å². The number of aryl methyl sites for hydroxylation is 2. The Morgan fingerprint density at radius 3 is 2.62 bits per heavy atom. The van der Waals surface area contributed by atoms with Crippen LogP contribution in [0.4, 0.5) is 0 Å². The van der Waals surface area contributed by atoms with Crippen molar-refractivity contribution in [2.24, 2.45) is 7.05 Å². The van der Waals surface area contributed by atoms with E-state index >= 15 is 0 Å². The third-order valence-corrected chi connectivity index (χ3v) is 5.09. The topological polar surface area (TPSA) is 46.8 Å². The van der Waals surface area contributed by atoms with Crippen LogP contribution in [-0.2, 0) is 13.6 Å². The minimum absolute atomic E-state index is 0.527. The summed E-state index contributed by atoms with van der Waals surface area (Å²) in [6, 6.07) is 8.30. The molecule has 1 fully saturated rings. The van der Waals surface area contributed by atoms with E-state index in [1.165, 1.54) is 22.3 Å². The van der Waals surface area contributed by atoms with Gasteiger partial charge in [0.2, 0.25) is 0 Å². The van der Waals surface area contributed by atoms with Gasteiger partial charge in [-0.3, -0.25) is 14.6 Å². The first-order valence-corrected chi connectivity index (χ1v) is 8.63.